The van der Waals surface area contributed by atoms with Gasteiger partial charge in [-0.15, -0.1) is 0 Å². The maximum absolute atomic E-state index is 12.2. The quantitative estimate of drug-likeness (QED) is 0.891. The molecule has 5 heteroatoms. The summed E-state index contributed by atoms with van der Waals surface area (Å²) in [5, 5.41) is 5.71. The largest absolute Gasteiger partial charge is 0.493 e. The van der Waals surface area contributed by atoms with E-state index in [1.54, 1.807) is 0 Å². The van der Waals surface area contributed by atoms with Crippen LogP contribution in [0.15, 0.2) is 12.1 Å². The molecule has 2 rings (SSSR count). The van der Waals surface area contributed by atoms with Crippen molar-refractivity contribution in [2.45, 2.75) is 53.5 Å². The van der Waals surface area contributed by atoms with Crippen molar-refractivity contribution >= 4 is 11.8 Å². The van der Waals surface area contributed by atoms with Crippen molar-refractivity contribution in [1.82, 2.24) is 10.6 Å². The third kappa shape index (κ3) is 4.98. The second-order valence-corrected chi connectivity index (χ2v) is 7.77. The molecule has 0 saturated heterocycles. The Balaban J connectivity index is 1.95. The lowest BCUT2D eigenvalue weighted by molar-refractivity contribution is -0.127. The average Bonchev–Trinajstić information content (AvgIpc) is 2.44. The number of fused-ring (bicyclic) bond motifs is 1. The van der Waals surface area contributed by atoms with E-state index in [0.717, 1.165) is 28.9 Å². The molecule has 0 radical (unpaired) electrons. The summed E-state index contributed by atoms with van der Waals surface area (Å²) in [5.41, 5.74) is 3.17. The molecule has 1 aromatic rings. The average molecular weight is 332 g/mol. The molecule has 0 bridgehead atoms. The summed E-state index contributed by atoms with van der Waals surface area (Å²) in [5.74, 6) is 0.597. The highest BCUT2D eigenvalue weighted by Gasteiger charge is 2.25. The molecule has 1 aliphatic rings. The van der Waals surface area contributed by atoms with Crippen molar-refractivity contribution in [3.8, 4) is 5.75 Å². The van der Waals surface area contributed by atoms with Crippen LogP contribution in [0, 0.1) is 19.3 Å². The number of nitrogens with one attached hydrogen (secondary N) is 2. The number of amides is 2. The van der Waals surface area contributed by atoms with E-state index < -0.39 is 0 Å². The van der Waals surface area contributed by atoms with Gasteiger partial charge in [0.05, 0.1) is 19.2 Å². The van der Waals surface area contributed by atoms with Crippen LogP contribution in [-0.2, 0) is 9.59 Å². The molecular formula is C19H28N2O3. The molecule has 0 aromatic heterocycles. The van der Waals surface area contributed by atoms with Crippen LogP contribution in [0.2, 0.25) is 0 Å². The Morgan fingerprint density at radius 1 is 1.21 bits per heavy atom. The van der Waals surface area contributed by atoms with Gasteiger partial charge in [-0.25, -0.2) is 0 Å². The Hall–Kier alpha value is -2.04. The van der Waals surface area contributed by atoms with Crippen molar-refractivity contribution in [2.75, 3.05) is 13.2 Å². The lowest BCUT2D eigenvalue weighted by Crippen LogP contribution is -2.40. The normalized spacial score (nSPS) is 16.8. The summed E-state index contributed by atoms with van der Waals surface area (Å²) in [6.45, 7) is 10.6. The smallest absolute Gasteiger partial charge is 0.239 e. The fourth-order valence-corrected chi connectivity index (χ4v) is 3.00. The maximum atomic E-state index is 12.2. The molecule has 0 aliphatic carbocycles. The molecule has 5 nitrogen and oxygen atoms in total. The number of rotatable bonds is 4. The molecule has 132 valence electrons. The number of carbonyl (C=O) groups is 2. The first-order valence-electron chi connectivity index (χ1n) is 8.46. The minimum absolute atomic E-state index is 0.00635. The number of hydrogen-bond acceptors (Lipinski definition) is 3. The van der Waals surface area contributed by atoms with Gasteiger partial charge in [-0.05, 0) is 24.8 Å². The van der Waals surface area contributed by atoms with Gasteiger partial charge in [-0.3, -0.25) is 9.59 Å². The minimum Gasteiger partial charge on any atom is -0.493 e. The Morgan fingerprint density at radius 3 is 2.58 bits per heavy atom. The number of carbonyl (C=O) groups excluding carboxylic acids is 2. The summed E-state index contributed by atoms with van der Waals surface area (Å²) >= 11 is 0. The first kappa shape index (κ1) is 18.3. The van der Waals surface area contributed by atoms with E-state index in [1.165, 1.54) is 0 Å². The second-order valence-electron chi connectivity index (χ2n) is 7.77. The van der Waals surface area contributed by atoms with Crippen LogP contribution in [-0.4, -0.2) is 25.0 Å². The topological polar surface area (TPSA) is 67.4 Å². The third-order valence-electron chi connectivity index (χ3n) is 3.95. The van der Waals surface area contributed by atoms with Crippen molar-refractivity contribution in [2.24, 2.45) is 5.41 Å². The maximum Gasteiger partial charge on any atom is 0.239 e. The van der Waals surface area contributed by atoms with Crippen LogP contribution in [0.5, 0.6) is 5.75 Å². The van der Waals surface area contributed by atoms with Gasteiger partial charge in [0.2, 0.25) is 11.8 Å². The molecule has 1 atom stereocenters. The molecule has 1 aromatic carbocycles. The number of ether oxygens (including phenoxy) is 1. The molecule has 0 unspecified atom stereocenters. The molecule has 1 aliphatic heterocycles. The monoisotopic (exact) mass is 332 g/mol. The van der Waals surface area contributed by atoms with E-state index in [4.69, 9.17) is 4.74 Å². The second kappa shape index (κ2) is 7.24. The van der Waals surface area contributed by atoms with Crippen LogP contribution < -0.4 is 15.4 Å². The molecule has 0 fully saturated rings. The van der Waals surface area contributed by atoms with Crippen molar-refractivity contribution < 1.29 is 14.3 Å². The van der Waals surface area contributed by atoms with E-state index in [2.05, 4.69) is 22.8 Å². The first-order chi connectivity index (χ1) is 11.2. The fraction of sp³-hybridized carbons (Fsp3) is 0.579. The van der Waals surface area contributed by atoms with Gasteiger partial charge in [0.15, 0.2) is 0 Å². The summed E-state index contributed by atoms with van der Waals surface area (Å²) in [6, 6.07) is 4.07. The molecule has 0 spiro atoms. The van der Waals surface area contributed by atoms with Gasteiger partial charge in [-0.1, -0.05) is 38.5 Å². The third-order valence-corrected chi connectivity index (χ3v) is 3.95. The van der Waals surface area contributed by atoms with Crippen molar-refractivity contribution in [1.29, 1.82) is 0 Å². The summed E-state index contributed by atoms with van der Waals surface area (Å²) in [4.78, 5) is 24.0. The van der Waals surface area contributed by atoms with E-state index in [-0.39, 0.29) is 29.8 Å². The highest BCUT2D eigenvalue weighted by atomic mass is 16.5. The Bertz CT molecular complexity index is 632. The van der Waals surface area contributed by atoms with Crippen LogP contribution in [0.4, 0.5) is 0 Å². The summed E-state index contributed by atoms with van der Waals surface area (Å²) in [6.07, 6.45) is 1.14. The van der Waals surface area contributed by atoms with Crippen LogP contribution >= 0.6 is 0 Å². The number of aryl methyl sites for hydroxylation is 2. The van der Waals surface area contributed by atoms with Crippen molar-refractivity contribution in [3.63, 3.8) is 0 Å². The zero-order valence-corrected chi connectivity index (χ0v) is 15.3. The first-order valence-corrected chi connectivity index (χ1v) is 8.46. The zero-order chi connectivity index (χ0) is 17.9. The predicted octanol–water partition coefficient (Wildman–Crippen LogP) is 2.80. The minimum atomic E-state index is -0.172. The van der Waals surface area contributed by atoms with Crippen LogP contribution in [0.25, 0.3) is 0 Å². The molecule has 2 amide bonds. The molecular weight excluding hydrogens is 304 g/mol. The van der Waals surface area contributed by atoms with E-state index >= 15 is 0 Å². The fourth-order valence-electron chi connectivity index (χ4n) is 3.00. The van der Waals surface area contributed by atoms with Gasteiger partial charge in [0.25, 0.3) is 0 Å². The number of hydrogen-bond donors (Lipinski definition) is 2. The van der Waals surface area contributed by atoms with E-state index in [1.807, 2.05) is 34.6 Å². The molecule has 0 saturated carbocycles. The van der Waals surface area contributed by atoms with Gasteiger partial charge in [0.1, 0.15) is 5.75 Å². The summed E-state index contributed by atoms with van der Waals surface area (Å²) < 4.78 is 5.75. The Morgan fingerprint density at radius 2 is 1.92 bits per heavy atom. The van der Waals surface area contributed by atoms with Crippen molar-refractivity contribution in [3.05, 3.63) is 28.8 Å². The Labute approximate surface area is 144 Å². The van der Waals surface area contributed by atoms with Crippen LogP contribution in [0.1, 0.15) is 56.3 Å². The van der Waals surface area contributed by atoms with Gasteiger partial charge >= 0.3 is 0 Å². The van der Waals surface area contributed by atoms with E-state index in [9.17, 15) is 9.59 Å². The van der Waals surface area contributed by atoms with Crippen LogP contribution in [0.3, 0.4) is 0 Å². The van der Waals surface area contributed by atoms with Gasteiger partial charge < -0.3 is 15.4 Å². The molecule has 2 N–H and O–H groups in total. The number of benzene rings is 1. The lowest BCUT2D eigenvalue weighted by Gasteiger charge is -2.28. The van der Waals surface area contributed by atoms with E-state index in [0.29, 0.717) is 13.0 Å². The highest BCUT2D eigenvalue weighted by molar-refractivity contribution is 5.85. The predicted molar refractivity (Wildman–Crippen MR) is 94.0 cm³/mol. The summed E-state index contributed by atoms with van der Waals surface area (Å²) in [7, 11) is 0. The molecule has 24 heavy (non-hydrogen) atoms. The lowest BCUT2D eigenvalue weighted by atomic mass is 9.92. The molecule has 1 heterocycles. The standard InChI is InChI=1S/C19H28N2O3/c1-12-8-13(2)18-14(9-12)15(6-7-24-18)21-17(23)11-20-16(22)10-19(3,4)5/h8-9,15H,6-7,10-11H2,1-5H3,(H,20,22)(H,21,23)/t15-/m1/s1. The Kier molecular flexibility index (Phi) is 5.52. The van der Waals surface area contributed by atoms with Gasteiger partial charge in [0, 0.05) is 18.4 Å². The SMILES string of the molecule is Cc1cc(C)c2c(c1)[C@H](NC(=O)CNC(=O)CC(C)(C)C)CCO2. The van der Waals surface area contributed by atoms with Gasteiger partial charge in [-0.2, -0.15) is 0 Å². The zero-order valence-electron chi connectivity index (χ0n) is 15.3. The highest BCUT2D eigenvalue weighted by Crippen LogP contribution is 2.35.